The first-order valence-corrected chi connectivity index (χ1v) is 5.07. The Balaban J connectivity index is 2.65. The lowest BCUT2D eigenvalue weighted by molar-refractivity contribution is 1.45. The van der Waals surface area contributed by atoms with E-state index in [0.29, 0.717) is 11.1 Å². The number of thiophene rings is 1. The molecule has 0 unspecified atom stereocenters. The van der Waals surface area contributed by atoms with Crippen LogP contribution in [-0.2, 0) is 0 Å². The Morgan fingerprint density at radius 1 is 1.13 bits per heavy atom. The smallest absolute Gasteiger partial charge is 0.0998 e. The van der Waals surface area contributed by atoms with Crippen molar-refractivity contribution in [3.8, 4) is 22.6 Å². The molecule has 15 heavy (non-hydrogen) atoms. The van der Waals surface area contributed by atoms with Crippen molar-refractivity contribution in [3.63, 3.8) is 0 Å². The van der Waals surface area contributed by atoms with Crippen LogP contribution in [0.25, 0.3) is 10.4 Å². The molecular weight excluding hydrogens is 204 g/mol. The van der Waals surface area contributed by atoms with Gasteiger partial charge in [0.2, 0.25) is 0 Å². The van der Waals surface area contributed by atoms with Gasteiger partial charge in [-0.25, -0.2) is 0 Å². The lowest BCUT2D eigenvalue weighted by Crippen LogP contribution is -1.83. The Labute approximate surface area is 91.6 Å². The summed E-state index contributed by atoms with van der Waals surface area (Å²) in [6.45, 7) is 0. The zero-order valence-electron chi connectivity index (χ0n) is 7.69. The molecule has 0 N–H and O–H groups in total. The molecule has 0 saturated carbocycles. The molecule has 0 aliphatic rings. The fraction of sp³-hybridized carbons (Fsp3) is 0. The lowest BCUT2D eigenvalue weighted by atomic mass is 10.0. The first kappa shape index (κ1) is 9.45. The first-order chi connectivity index (χ1) is 7.35. The molecule has 1 heterocycles. The number of nitrogens with zero attached hydrogens (tertiary/aromatic N) is 2. The van der Waals surface area contributed by atoms with Gasteiger partial charge in [-0.3, -0.25) is 0 Å². The lowest BCUT2D eigenvalue weighted by Gasteiger charge is -2.00. The van der Waals surface area contributed by atoms with E-state index in [2.05, 4.69) is 17.5 Å². The number of hydrogen-bond acceptors (Lipinski definition) is 3. The van der Waals surface area contributed by atoms with E-state index in [1.54, 1.807) is 24.3 Å². The molecule has 0 aliphatic carbocycles. The van der Waals surface area contributed by atoms with Crippen molar-refractivity contribution in [2.24, 2.45) is 0 Å². The quantitative estimate of drug-likeness (QED) is 0.724. The van der Waals surface area contributed by atoms with Crippen molar-refractivity contribution in [1.29, 1.82) is 10.5 Å². The van der Waals surface area contributed by atoms with Crippen LogP contribution >= 0.6 is 11.3 Å². The van der Waals surface area contributed by atoms with Crippen molar-refractivity contribution in [2.45, 2.75) is 0 Å². The van der Waals surface area contributed by atoms with Gasteiger partial charge in [-0.1, -0.05) is 0 Å². The number of hydrogen-bond donors (Lipinski definition) is 0. The monoisotopic (exact) mass is 209 g/mol. The van der Waals surface area contributed by atoms with Gasteiger partial charge >= 0.3 is 0 Å². The van der Waals surface area contributed by atoms with Gasteiger partial charge in [0, 0.05) is 15.8 Å². The molecule has 2 aromatic rings. The Hall–Kier alpha value is -2.10. The highest BCUT2D eigenvalue weighted by Crippen LogP contribution is 2.28. The Kier molecular flexibility index (Phi) is 2.49. The second-order valence-corrected chi connectivity index (χ2v) is 3.78. The largest absolute Gasteiger partial charge is 0.192 e. The fourth-order valence-corrected chi connectivity index (χ4v) is 1.98. The molecule has 0 amide bonds. The average molecular weight is 209 g/mol. The summed E-state index contributed by atoms with van der Waals surface area (Å²) in [7, 11) is 0. The molecule has 1 aromatic carbocycles. The molecule has 1 aromatic heterocycles. The van der Waals surface area contributed by atoms with Gasteiger partial charge in [-0.2, -0.15) is 10.5 Å². The van der Waals surface area contributed by atoms with Crippen LogP contribution < -0.4 is 0 Å². The summed E-state index contributed by atoms with van der Waals surface area (Å²) in [5.41, 5.74) is 1.96. The maximum atomic E-state index is 8.94. The highest BCUT2D eigenvalue weighted by molar-refractivity contribution is 7.13. The minimum Gasteiger partial charge on any atom is -0.192 e. The molecule has 69 valence electrons. The fourth-order valence-electron chi connectivity index (χ4n) is 1.30. The number of nitriles is 2. The summed E-state index contributed by atoms with van der Waals surface area (Å²) < 4.78 is 0. The summed E-state index contributed by atoms with van der Waals surface area (Å²) in [4.78, 5) is 0.962. The van der Waals surface area contributed by atoms with Crippen LogP contribution in [0.5, 0.6) is 0 Å². The summed E-state index contributed by atoms with van der Waals surface area (Å²) >= 11 is 1.44. The van der Waals surface area contributed by atoms with Gasteiger partial charge < -0.3 is 0 Å². The van der Waals surface area contributed by atoms with E-state index >= 15 is 0 Å². The molecule has 0 atom stereocenters. The summed E-state index contributed by atoms with van der Waals surface area (Å²) in [5.74, 6) is 0. The van der Waals surface area contributed by atoms with Crippen molar-refractivity contribution >= 4 is 11.3 Å². The Morgan fingerprint density at radius 2 is 2.00 bits per heavy atom. The predicted octanol–water partition coefficient (Wildman–Crippen LogP) is 2.96. The summed E-state index contributed by atoms with van der Waals surface area (Å²) in [5, 5.41) is 20.7. The topological polar surface area (TPSA) is 47.6 Å². The number of rotatable bonds is 1. The summed E-state index contributed by atoms with van der Waals surface area (Å²) in [6, 6.07) is 12.9. The first-order valence-electron chi connectivity index (χ1n) is 4.25. The van der Waals surface area contributed by atoms with E-state index in [1.807, 2.05) is 6.07 Å². The molecule has 0 saturated heterocycles. The van der Waals surface area contributed by atoms with E-state index in [4.69, 9.17) is 10.5 Å². The van der Waals surface area contributed by atoms with Gasteiger partial charge in [-0.15, -0.1) is 11.3 Å². The van der Waals surface area contributed by atoms with E-state index in [-0.39, 0.29) is 0 Å². The van der Waals surface area contributed by atoms with Crippen LogP contribution in [0.4, 0.5) is 0 Å². The maximum absolute atomic E-state index is 8.94. The molecule has 0 aliphatic heterocycles. The van der Waals surface area contributed by atoms with Gasteiger partial charge in [-0.05, 0) is 30.3 Å². The van der Waals surface area contributed by atoms with E-state index in [1.165, 1.54) is 11.3 Å². The van der Waals surface area contributed by atoms with E-state index in [0.717, 1.165) is 10.4 Å². The van der Waals surface area contributed by atoms with E-state index < -0.39 is 0 Å². The van der Waals surface area contributed by atoms with Crippen LogP contribution in [0, 0.1) is 28.0 Å². The van der Waals surface area contributed by atoms with Gasteiger partial charge in [0.15, 0.2) is 0 Å². The normalized spacial score (nSPS) is 9.20. The third kappa shape index (κ3) is 1.74. The Morgan fingerprint density at radius 3 is 2.60 bits per heavy atom. The summed E-state index contributed by atoms with van der Waals surface area (Å²) in [6.07, 6.45) is 0. The Bertz CT molecular complexity index is 556. The van der Waals surface area contributed by atoms with Crippen molar-refractivity contribution in [1.82, 2.24) is 0 Å². The zero-order chi connectivity index (χ0) is 10.7. The standard InChI is InChI=1S/C12H5N2S/c13-7-9-3-4-10(8-14)11(6-9)12-2-1-5-15-12/h1-4,6H. The predicted molar refractivity (Wildman–Crippen MR) is 58.0 cm³/mol. The molecule has 1 radical (unpaired) electrons. The van der Waals surface area contributed by atoms with Gasteiger partial charge in [0.1, 0.15) is 0 Å². The second kappa shape index (κ2) is 3.96. The maximum Gasteiger partial charge on any atom is 0.0998 e. The van der Waals surface area contributed by atoms with Crippen LogP contribution in [-0.4, -0.2) is 0 Å². The average Bonchev–Trinajstić information content (AvgIpc) is 2.81. The highest BCUT2D eigenvalue weighted by Gasteiger charge is 2.06. The zero-order valence-corrected chi connectivity index (χ0v) is 8.51. The molecule has 0 fully saturated rings. The van der Waals surface area contributed by atoms with Crippen molar-refractivity contribution in [2.75, 3.05) is 0 Å². The molecule has 2 nitrogen and oxygen atoms in total. The van der Waals surface area contributed by atoms with Gasteiger partial charge in [0.25, 0.3) is 0 Å². The molecular formula is C12H5N2S. The molecule has 3 heteroatoms. The number of benzene rings is 1. The van der Waals surface area contributed by atoms with Crippen LogP contribution in [0.2, 0.25) is 0 Å². The SMILES string of the molecule is N#Cc1ccc(C#N)c(-c2cc[c]s2)c1. The van der Waals surface area contributed by atoms with Gasteiger partial charge in [0.05, 0.1) is 23.3 Å². The second-order valence-electron chi connectivity index (χ2n) is 2.90. The third-order valence-electron chi connectivity index (χ3n) is 2.01. The van der Waals surface area contributed by atoms with Crippen LogP contribution in [0.15, 0.2) is 30.3 Å². The minimum atomic E-state index is 0.567. The van der Waals surface area contributed by atoms with E-state index in [9.17, 15) is 0 Å². The van der Waals surface area contributed by atoms with Crippen molar-refractivity contribution in [3.05, 3.63) is 46.8 Å². The highest BCUT2D eigenvalue weighted by atomic mass is 32.1. The van der Waals surface area contributed by atoms with Crippen LogP contribution in [0.3, 0.4) is 0 Å². The molecule has 0 spiro atoms. The minimum absolute atomic E-state index is 0.567. The van der Waals surface area contributed by atoms with Crippen molar-refractivity contribution < 1.29 is 0 Å². The molecule has 0 bridgehead atoms. The third-order valence-corrected chi connectivity index (χ3v) is 2.84. The van der Waals surface area contributed by atoms with Crippen LogP contribution in [0.1, 0.15) is 11.1 Å². The molecule has 2 rings (SSSR count).